The van der Waals surface area contributed by atoms with Crippen LogP contribution in [0.1, 0.15) is 38.7 Å². The summed E-state index contributed by atoms with van der Waals surface area (Å²) >= 11 is 0. The Morgan fingerprint density at radius 1 is 1.24 bits per heavy atom. The number of amides is 1. The molecule has 1 atom stereocenters. The van der Waals surface area contributed by atoms with Gasteiger partial charge in [0, 0.05) is 13.5 Å². The third-order valence-corrected chi connectivity index (χ3v) is 2.44. The Labute approximate surface area is 103 Å². The van der Waals surface area contributed by atoms with E-state index in [-0.39, 0.29) is 17.6 Å². The van der Waals surface area contributed by atoms with Crippen molar-refractivity contribution in [3.05, 3.63) is 35.9 Å². The Hall–Kier alpha value is -1.64. The number of ketones is 1. The molecule has 0 bridgehead atoms. The smallest absolute Gasteiger partial charge is 0.227 e. The molecule has 1 unspecified atom stereocenters. The molecule has 0 radical (unpaired) electrons. The van der Waals surface area contributed by atoms with E-state index in [2.05, 4.69) is 5.32 Å². The van der Waals surface area contributed by atoms with Crippen LogP contribution in [0, 0.1) is 0 Å². The molecule has 17 heavy (non-hydrogen) atoms. The molecule has 0 aliphatic heterocycles. The van der Waals surface area contributed by atoms with Crippen LogP contribution in [0.3, 0.4) is 0 Å². The van der Waals surface area contributed by atoms with E-state index in [9.17, 15) is 9.59 Å². The number of likely N-dealkylation sites (N-methyl/N-ethyl adjacent to an activating group) is 1. The molecule has 1 rings (SSSR count). The first-order valence-corrected chi connectivity index (χ1v) is 5.78. The van der Waals surface area contributed by atoms with Crippen LogP contribution >= 0.6 is 0 Å². The van der Waals surface area contributed by atoms with Gasteiger partial charge in [-0.05, 0) is 19.4 Å². The highest BCUT2D eigenvalue weighted by Gasteiger charge is 2.11. The fourth-order valence-corrected chi connectivity index (χ4v) is 1.11. The van der Waals surface area contributed by atoms with Crippen molar-refractivity contribution in [2.24, 2.45) is 0 Å². The number of Topliss-reactive ketones (excluding diaryl/α,β-unsaturated/α-hetero) is 1. The number of carbonyl (C=O) groups excluding carboxylic acids is 2. The highest BCUT2D eigenvalue weighted by molar-refractivity contribution is 5.82. The van der Waals surface area contributed by atoms with Crippen molar-refractivity contribution < 1.29 is 9.59 Å². The lowest BCUT2D eigenvalue weighted by molar-refractivity contribution is -0.121. The van der Waals surface area contributed by atoms with Gasteiger partial charge in [-0.2, -0.15) is 0 Å². The fourth-order valence-electron chi connectivity index (χ4n) is 1.11. The maximum atomic E-state index is 11.2. The molecule has 0 aliphatic rings. The quantitative estimate of drug-likeness (QED) is 0.875. The first kappa shape index (κ1) is 15.4. The van der Waals surface area contributed by atoms with Crippen molar-refractivity contribution in [1.29, 1.82) is 0 Å². The predicted molar refractivity (Wildman–Crippen MR) is 69.9 cm³/mol. The number of carbonyl (C=O) groups is 2. The standard InChI is InChI=1S/C10H13NO.C4H8O/c1-8(10(12)11-2)9-6-4-3-5-7-9;1-3-4(2)5/h3-8H,1-2H3,(H,11,12);3H2,1-2H3. The minimum absolute atomic E-state index is 0.0567. The second-order valence-electron chi connectivity index (χ2n) is 3.80. The molecular weight excluding hydrogens is 214 g/mol. The van der Waals surface area contributed by atoms with Crippen LogP contribution in [0.5, 0.6) is 0 Å². The maximum Gasteiger partial charge on any atom is 0.227 e. The van der Waals surface area contributed by atoms with Gasteiger partial charge in [0.25, 0.3) is 0 Å². The van der Waals surface area contributed by atoms with E-state index in [1.807, 2.05) is 44.2 Å². The van der Waals surface area contributed by atoms with Gasteiger partial charge in [-0.15, -0.1) is 0 Å². The summed E-state index contributed by atoms with van der Waals surface area (Å²) in [5, 5.41) is 2.62. The van der Waals surface area contributed by atoms with E-state index >= 15 is 0 Å². The summed E-state index contributed by atoms with van der Waals surface area (Å²) in [6.45, 7) is 5.33. The molecule has 0 heterocycles. The molecule has 94 valence electrons. The van der Waals surface area contributed by atoms with Gasteiger partial charge in [0.15, 0.2) is 0 Å². The number of benzene rings is 1. The Morgan fingerprint density at radius 2 is 1.71 bits per heavy atom. The molecule has 3 nitrogen and oxygen atoms in total. The normalized spacial score (nSPS) is 10.8. The summed E-state index contributed by atoms with van der Waals surface area (Å²) < 4.78 is 0. The molecule has 3 heteroatoms. The van der Waals surface area contributed by atoms with Crippen LogP contribution < -0.4 is 5.32 Å². The third-order valence-electron chi connectivity index (χ3n) is 2.44. The van der Waals surface area contributed by atoms with Gasteiger partial charge >= 0.3 is 0 Å². The zero-order chi connectivity index (χ0) is 13.3. The number of nitrogens with one attached hydrogen (secondary N) is 1. The summed E-state index contributed by atoms with van der Waals surface area (Å²) in [7, 11) is 1.65. The van der Waals surface area contributed by atoms with Crippen LogP contribution in [0.25, 0.3) is 0 Å². The Kier molecular flexibility index (Phi) is 7.68. The van der Waals surface area contributed by atoms with Gasteiger partial charge in [0.1, 0.15) is 5.78 Å². The molecule has 0 aromatic heterocycles. The molecule has 1 amide bonds. The average Bonchev–Trinajstić information content (AvgIpc) is 2.38. The molecule has 0 saturated carbocycles. The van der Waals surface area contributed by atoms with Crippen molar-refractivity contribution in [3.8, 4) is 0 Å². The summed E-state index contributed by atoms with van der Waals surface area (Å²) in [5.41, 5.74) is 1.05. The first-order valence-electron chi connectivity index (χ1n) is 5.78. The van der Waals surface area contributed by atoms with Gasteiger partial charge in [0.05, 0.1) is 5.92 Å². The third kappa shape index (κ3) is 6.51. The molecule has 0 fully saturated rings. The molecule has 1 aromatic carbocycles. The summed E-state index contributed by atoms with van der Waals surface area (Å²) in [6.07, 6.45) is 0.667. The van der Waals surface area contributed by atoms with E-state index < -0.39 is 0 Å². The summed E-state index contributed by atoms with van der Waals surface area (Å²) in [4.78, 5) is 21.0. The second-order valence-corrected chi connectivity index (χ2v) is 3.80. The summed E-state index contributed by atoms with van der Waals surface area (Å²) in [5.74, 6) is 0.252. The molecule has 0 aliphatic carbocycles. The number of rotatable bonds is 3. The zero-order valence-electron chi connectivity index (χ0n) is 11.0. The van der Waals surface area contributed by atoms with E-state index in [1.54, 1.807) is 14.0 Å². The van der Waals surface area contributed by atoms with Crippen molar-refractivity contribution >= 4 is 11.7 Å². The van der Waals surface area contributed by atoms with Gasteiger partial charge in [-0.25, -0.2) is 0 Å². The van der Waals surface area contributed by atoms with E-state index in [1.165, 1.54) is 0 Å². The van der Waals surface area contributed by atoms with E-state index in [4.69, 9.17) is 0 Å². The average molecular weight is 235 g/mol. The highest BCUT2D eigenvalue weighted by Crippen LogP contribution is 2.13. The summed E-state index contributed by atoms with van der Waals surface area (Å²) in [6, 6.07) is 9.74. The molecule has 0 saturated heterocycles. The SMILES string of the molecule is CCC(C)=O.CNC(=O)C(C)c1ccccc1. The van der Waals surface area contributed by atoms with Gasteiger partial charge in [-0.1, -0.05) is 37.3 Å². The monoisotopic (exact) mass is 235 g/mol. The van der Waals surface area contributed by atoms with Crippen molar-refractivity contribution in [3.63, 3.8) is 0 Å². The van der Waals surface area contributed by atoms with E-state index in [0.29, 0.717) is 6.42 Å². The maximum absolute atomic E-state index is 11.2. The lowest BCUT2D eigenvalue weighted by atomic mass is 10.0. The van der Waals surface area contributed by atoms with Crippen molar-refractivity contribution in [2.45, 2.75) is 33.1 Å². The van der Waals surface area contributed by atoms with Crippen molar-refractivity contribution in [2.75, 3.05) is 7.05 Å². The second kappa shape index (κ2) is 8.50. The first-order chi connectivity index (χ1) is 8.02. The largest absolute Gasteiger partial charge is 0.359 e. The minimum atomic E-state index is -0.0591. The Balaban J connectivity index is 0.000000437. The van der Waals surface area contributed by atoms with Gasteiger partial charge in [0.2, 0.25) is 5.91 Å². The Morgan fingerprint density at radius 3 is 2.06 bits per heavy atom. The number of hydrogen-bond acceptors (Lipinski definition) is 2. The molecular formula is C14H21NO2. The lowest BCUT2D eigenvalue weighted by Crippen LogP contribution is -2.23. The van der Waals surface area contributed by atoms with Gasteiger partial charge in [-0.3, -0.25) is 4.79 Å². The van der Waals surface area contributed by atoms with Crippen molar-refractivity contribution in [1.82, 2.24) is 5.32 Å². The van der Waals surface area contributed by atoms with Crippen LogP contribution in [-0.2, 0) is 9.59 Å². The minimum Gasteiger partial charge on any atom is -0.359 e. The topological polar surface area (TPSA) is 46.2 Å². The molecule has 1 N–H and O–H groups in total. The lowest BCUT2D eigenvalue weighted by Gasteiger charge is -2.08. The highest BCUT2D eigenvalue weighted by atomic mass is 16.1. The van der Waals surface area contributed by atoms with Crippen LogP contribution in [0.15, 0.2) is 30.3 Å². The molecule has 1 aromatic rings. The van der Waals surface area contributed by atoms with Crippen LogP contribution in [0.2, 0.25) is 0 Å². The number of hydrogen-bond donors (Lipinski definition) is 1. The zero-order valence-corrected chi connectivity index (χ0v) is 11.0. The molecule has 0 spiro atoms. The van der Waals surface area contributed by atoms with Crippen LogP contribution in [-0.4, -0.2) is 18.7 Å². The van der Waals surface area contributed by atoms with E-state index in [0.717, 1.165) is 5.56 Å². The van der Waals surface area contributed by atoms with Gasteiger partial charge < -0.3 is 10.1 Å². The predicted octanol–water partition coefficient (Wildman–Crippen LogP) is 2.52. The Bertz CT molecular complexity index is 346. The fraction of sp³-hybridized carbons (Fsp3) is 0.429. The van der Waals surface area contributed by atoms with Crippen LogP contribution in [0.4, 0.5) is 0 Å².